The normalized spacial score (nSPS) is 24.4. The van der Waals surface area contributed by atoms with Crippen molar-refractivity contribution < 1.29 is 4.74 Å². The number of hydrogen-bond donors (Lipinski definition) is 1. The Bertz CT molecular complexity index is 405. The molecular formula is C15H24N2OS. The number of thioether (sulfide) groups is 1. The van der Waals surface area contributed by atoms with E-state index in [1.165, 1.54) is 24.2 Å². The molecule has 1 aromatic heterocycles. The van der Waals surface area contributed by atoms with Crippen molar-refractivity contribution in [3.05, 3.63) is 24.0 Å². The Morgan fingerprint density at radius 1 is 1.53 bits per heavy atom. The van der Waals surface area contributed by atoms with Crippen LogP contribution in [0.2, 0.25) is 0 Å². The molecule has 3 nitrogen and oxygen atoms in total. The summed E-state index contributed by atoms with van der Waals surface area (Å²) in [4.78, 5) is 4.33. The number of ether oxygens (including phenoxy) is 1. The van der Waals surface area contributed by atoms with Crippen LogP contribution in [-0.2, 0) is 0 Å². The Labute approximate surface area is 120 Å². The van der Waals surface area contributed by atoms with Crippen LogP contribution in [0, 0.1) is 0 Å². The van der Waals surface area contributed by atoms with Gasteiger partial charge in [-0.15, -0.1) is 0 Å². The summed E-state index contributed by atoms with van der Waals surface area (Å²) >= 11 is 2.06. The predicted molar refractivity (Wildman–Crippen MR) is 81.9 cm³/mol. The van der Waals surface area contributed by atoms with Gasteiger partial charge in [0.15, 0.2) is 0 Å². The van der Waals surface area contributed by atoms with Crippen LogP contribution < -0.4 is 10.1 Å². The molecule has 0 aromatic carbocycles. The molecule has 0 saturated carbocycles. The first-order valence-corrected chi connectivity index (χ1v) is 8.07. The van der Waals surface area contributed by atoms with E-state index in [1.807, 2.05) is 13.2 Å². The fraction of sp³-hybridized carbons (Fsp3) is 0.667. The molecule has 1 fully saturated rings. The molecule has 0 spiro atoms. The van der Waals surface area contributed by atoms with Gasteiger partial charge in [-0.1, -0.05) is 6.92 Å². The Hall–Kier alpha value is -0.740. The number of aromatic nitrogens is 1. The number of rotatable bonds is 6. The maximum Gasteiger partial charge on any atom is 0.137 e. The molecule has 106 valence electrons. The maximum atomic E-state index is 5.69. The fourth-order valence-corrected chi connectivity index (χ4v) is 4.21. The van der Waals surface area contributed by atoms with Gasteiger partial charge < -0.3 is 10.1 Å². The van der Waals surface area contributed by atoms with Crippen LogP contribution in [0.25, 0.3) is 0 Å². The minimum absolute atomic E-state index is 0.264. The van der Waals surface area contributed by atoms with Gasteiger partial charge in [-0.25, -0.2) is 0 Å². The molecule has 1 aliphatic rings. The summed E-state index contributed by atoms with van der Waals surface area (Å²) in [7, 11) is 2.04. The van der Waals surface area contributed by atoms with E-state index in [2.05, 4.69) is 42.0 Å². The first kappa shape index (κ1) is 14.7. The highest BCUT2D eigenvalue weighted by atomic mass is 32.2. The van der Waals surface area contributed by atoms with Gasteiger partial charge in [0.2, 0.25) is 0 Å². The van der Waals surface area contributed by atoms with Gasteiger partial charge in [-0.05, 0) is 50.6 Å². The minimum atomic E-state index is 0.264. The lowest BCUT2D eigenvalue weighted by Crippen LogP contribution is -2.35. The summed E-state index contributed by atoms with van der Waals surface area (Å²) in [5, 5.41) is 3.47. The average molecular weight is 280 g/mol. The van der Waals surface area contributed by atoms with E-state index in [0.29, 0.717) is 6.04 Å². The molecule has 2 heterocycles. The van der Waals surface area contributed by atoms with Crippen LogP contribution in [0.15, 0.2) is 18.5 Å². The second-order valence-corrected chi connectivity index (χ2v) is 6.92. The molecule has 0 bridgehead atoms. The van der Waals surface area contributed by atoms with Crippen LogP contribution in [-0.4, -0.2) is 29.1 Å². The molecule has 1 aromatic rings. The van der Waals surface area contributed by atoms with E-state index in [9.17, 15) is 0 Å². The number of pyridine rings is 1. The molecule has 1 N–H and O–H groups in total. The second-order valence-electron chi connectivity index (χ2n) is 5.29. The van der Waals surface area contributed by atoms with Crippen molar-refractivity contribution in [1.29, 1.82) is 0 Å². The Morgan fingerprint density at radius 3 is 3.00 bits per heavy atom. The quantitative estimate of drug-likeness (QED) is 0.866. The van der Waals surface area contributed by atoms with E-state index >= 15 is 0 Å². The van der Waals surface area contributed by atoms with Gasteiger partial charge in [0, 0.05) is 17.0 Å². The van der Waals surface area contributed by atoms with Gasteiger partial charge in [-0.3, -0.25) is 4.98 Å². The molecule has 4 heteroatoms. The molecular weight excluding hydrogens is 256 g/mol. The molecule has 0 aliphatic carbocycles. The van der Waals surface area contributed by atoms with Gasteiger partial charge in [0.1, 0.15) is 5.75 Å². The first-order valence-electron chi connectivity index (χ1n) is 7.08. The molecule has 2 atom stereocenters. The summed E-state index contributed by atoms with van der Waals surface area (Å²) in [6.07, 6.45) is 7.34. The largest absolute Gasteiger partial charge is 0.492 e. The van der Waals surface area contributed by atoms with Crippen LogP contribution in [0.3, 0.4) is 0 Å². The average Bonchev–Trinajstić information content (AvgIpc) is 2.85. The molecule has 19 heavy (non-hydrogen) atoms. The third-order valence-corrected chi connectivity index (χ3v) is 5.28. The Morgan fingerprint density at radius 2 is 2.37 bits per heavy atom. The number of nitrogens with one attached hydrogen (secondary N) is 1. The van der Waals surface area contributed by atoms with E-state index in [0.717, 1.165) is 18.8 Å². The maximum absolute atomic E-state index is 5.69. The summed E-state index contributed by atoms with van der Waals surface area (Å²) in [6.45, 7) is 5.22. The fourth-order valence-electron chi connectivity index (χ4n) is 2.75. The molecule has 0 radical (unpaired) electrons. The smallest absolute Gasteiger partial charge is 0.137 e. The minimum Gasteiger partial charge on any atom is -0.492 e. The number of nitrogens with zero attached hydrogens (tertiary/aromatic N) is 1. The van der Waals surface area contributed by atoms with Gasteiger partial charge in [0.05, 0.1) is 12.8 Å². The summed E-state index contributed by atoms with van der Waals surface area (Å²) in [6, 6.07) is 2.46. The second kappa shape index (κ2) is 6.62. The van der Waals surface area contributed by atoms with Gasteiger partial charge in [-0.2, -0.15) is 11.8 Å². The van der Waals surface area contributed by atoms with Gasteiger partial charge >= 0.3 is 0 Å². The van der Waals surface area contributed by atoms with Crippen LogP contribution in [0.1, 0.15) is 44.7 Å². The van der Waals surface area contributed by atoms with Crippen LogP contribution >= 0.6 is 11.8 Å². The zero-order valence-corrected chi connectivity index (χ0v) is 12.9. The lowest BCUT2D eigenvalue weighted by atomic mass is 9.91. The molecule has 2 unspecified atom stereocenters. The highest BCUT2D eigenvalue weighted by Gasteiger charge is 2.38. The van der Waals surface area contributed by atoms with E-state index < -0.39 is 0 Å². The van der Waals surface area contributed by atoms with Crippen molar-refractivity contribution in [3.8, 4) is 5.75 Å². The molecule has 1 saturated heterocycles. The van der Waals surface area contributed by atoms with Crippen molar-refractivity contribution in [2.75, 3.05) is 19.4 Å². The van der Waals surface area contributed by atoms with Crippen molar-refractivity contribution in [2.45, 2.75) is 43.9 Å². The van der Waals surface area contributed by atoms with E-state index in [1.54, 1.807) is 6.20 Å². The monoisotopic (exact) mass is 280 g/mol. The lowest BCUT2D eigenvalue weighted by molar-refractivity contribution is 0.315. The standard InChI is InChI=1S/C15H24N2OS/c1-4-7-18-13-9-12(10-17-11-13)14(16-3)15(2)6-5-8-19-15/h9-11,14,16H,4-8H2,1-3H3. The highest BCUT2D eigenvalue weighted by molar-refractivity contribution is 8.00. The highest BCUT2D eigenvalue weighted by Crippen LogP contribution is 2.46. The zero-order valence-electron chi connectivity index (χ0n) is 12.1. The van der Waals surface area contributed by atoms with Crippen LogP contribution in [0.4, 0.5) is 0 Å². The first-order chi connectivity index (χ1) is 9.19. The van der Waals surface area contributed by atoms with Crippen molar-refractivity contribution in [3.63, 3.8) is 0 Å². The van der Waals surface area contributed by atoms with Crippen molar-refractivity contribution >= 4 is 11.8 Å². The molecule has 2 rings (SSSR count). The Balaban J connectivity index is 2.18. The zero-order chi connectivity index (χ0) is 13.7. The van der Waals surface area contributed by atoms with E-state index in [-0.39, 0.29) is 4.75 Å². The van der Waals surface area contributed by atoms with Crippen LogP contribution in [0.5, 0.6) is 5.75 Å². The summed E-state index contributed by atoms with van der Waals surface area (Å²) < 4.78 is 5.95. The number of hydrogen-bond acceptors (Lipinski definition) is 4. The molecule has 0 amide bonds. The summed E-state index contributed by atoms with van der Waals surface area (Å²) in [5.74, 6) is 2.14. The third kappa shape index (κ3) is 3.42. The predicted octanol–water partition coefficient (Wildman–Crippen LogP) is 3.42. The topological polar surface area (TPSA) is 34.1 Å². The summed E-state index contributed by atoms with van der Waals surface area (Å²) in [5.41, 5.74) is 1.23. The van der Waals surface area contributed by atoms with E-state index in [4.69, 9.17) is 4.74 Å². The van der Waals surface area contributed by atoms with Crippen molar-refractivity contribution in [2.24, 2.45) is 0 Å². The third-order valence-electron chi connectivity index (χ3n) is 3.69. The molecule has 1 aliphatic heterocycles. The Kier molecular flexibility index (Phi) is 5.11. The van der Waals surface area contributed by atoms with Crippen molar-refractivity contribution in [1.82, 2.24) is 10.3 Å². The SMILES string of the molecule is CCCOc1cncc(C(NC)C2(C)CCCS2)c1. The van der Waals surface area contributed by atoms with Gasteiger partial charge in [0.25, 0.3) is 0 Å². The lowest BCUT2D eigenvalue weighted by Gasteiger charge is -2.33.